The number of carbonyl (C=O) groups is 1. The Morgan fingerprint density at radius 2 is 1.65 bits per heavy atom. The molecule has 0 saturated carbocycles. The van der Waals surface area contributed by atoms with Crippen LogP contribution in [0.3, 0.4) is 0 Å². The molecule has 0 spiro atoms. The first kappa shape index (κ1) is 18.6. The molecule has 0 aliphatic carbocycles. The third-order valence-electron chi connectivity index (χ3n) is 3.56. The van der Waals surface area contributed by atoms with Crippen molar-refractivity contribution in [3.05, 3.63) is 58.0 Å². The first-order chi connectivity index (χ1) is 12.1. The number of urea groups is 1. The number of hydrogen-bond donors (Lipinski definition) is 4. The minimum atomic E-state index is -4.65. The van der Waals surface area contributed by atoms with E-state index in [1.54, 1.807) is 12.1 Å². The molecule has 2 aromatic carbocycles. The molecule has 2 amide bonds. The van der Waals surface area contributed by atoms with Crippen molar-refractivity contribution >= 4 is 45.7 Å². The number of amides is 2. The van der Waals surface area contributed by atoms with E-state index in [0.29, 0.717) is 5.56 Å². The molecule has 1 aliphatic rings. The largest absolute Gasteiger partial charge is 0.417 e. The summed E-state index contributed by atoms with van der Waals surface area (Å²) in [7, 11) is -3.04. The number of alkyl halides is 3. The Hall–Kier alpha value is -2.20. The highest BCUT2D eigenvalue weighted by atomic mass is 35.5. The molecule has 0 aromatic heterocycles. The van der Waals surface area contributed by atoms with Gasteiger partial charge in [-0.3, -0.25) is 9.11 Å². The maximum absolute atomic E-state index is 12.8. The second kappa shape index (κ2) is 6.51. The number of hydrogen-bond acceptors (Lipinski definition) is 3. The van der Waals surface area contributed by atoms with Crippen LogP contribution in [0.1, 0.15) is 11.1 Å². The highest BCUT2D eigenvalue weighted by molar-refractivity contribution is 8.27. The van der Waals surface area contributed by atoms with Crippen molar-refractivity contribution in [2.45, 2.75) is 11.1 Å². The minimum absolute atomic E-state index is 0.0914. The lowest BCUT2D eigenvalue weighted by atomic mass is 10.2. The van der Waals surface area contributed by atoms with Gasteiger partial charge in [0.2, 0.25) is 0 Å². The van der Waals surface area contributed by atoms with E-state index in [9.17, 15) is 27.1 Å². The van der Waals surface area contributed by atoms with Crippen molar-refractivity contribution in [3.8, 4) is 0 Å². The van der Waals surface area contributed by atoms with Gasteiger partial charge < -0.3 is 10.6 Å². The van der Waals surface area contributed by atoms with Crippen LogP contribution in [0.25, 0.3) is 6.08 Å². The van der Waals surface area contributed by atoms with Gasteiger partial charge in [0.1, 0.15) is 0 Å². The fraction of sp³-hybridized carbons (Fsp3) is 0.0625. The molecule has 1 aliphatic heterocycles. The standard InChI is InChI=1S/C16H12ClF3N2O3S/c17-13-4-3-10(7-12(13)16(18,19)20)21-15(23)22-11-2-1-9-5-6-26(24,25)14(9)8-11/h1-8,24-25H,(H2,21,22,23). The Labute approximate surface area is 152 Å². The Balaban J connectivity index is 1.75. The van der Waals surface area contributed by atoms with Crippen molar-refractivity contribution in [1.82, 2.24) is 0 Å². The summed E-state index contributed by atoms with van der Waals surface area (Å²) in [5.74, 6) is 0. The van der Waals surface area contributed by atoms with Crippen LogP contribution in [-0.2, 0) is 6.18 Å². The fourth-order valence-corrected chi connectivity index (χ4v) is 3.86. The molecule has 0 saturated heterocycles. The number of benzene rings is 2. The zero-order chi connectivity index (χ0) is 19.1. The zero-order valence-electron chi connectivity index (χ0n) is 12.8. The second-order valence-electron chi connectivity index (χ2n) is 5.42. The molecule has 0 unspecified atom stereocenters. The average Bonchev–Trinajstić information content (AvgIpc) is 2.83. The van der Waals surface area contributed by atoms with Gasteiger partial charge in [-0.2, -0.15) is 13.2 Å². The van der Waals surface area contributed by atoms with Gasteiger partial charge in [-0.1, -0.05) is 17.7 Å². The predicted molar refractivity (Wildman–Crippen MR) is 95.7 cm³/mol. The maximum Gasteiger partial charge on any atom is 0.417 e. The van der Waals surface area contributed by atoms with E-state index in [0.717, 1.165) is 12.1 Å². The number of fused-ring (bicyclic) bond motifs is 1. The van der Waals surface area contributed by atoms with Crippen molar-refractivity contribution < 1.29 is 27.1 Å². The van der Waals surface area contributed by atoms with Gasteiger partial charge in [0, 0.05) is 16.8 Å². The fourth-order valence-electron chi connectivity index (χ4n) is 2.37. The van der Waals surface area contributed by atoms with E-state index in [1.807, 2.05) is 0 Å². The van der Waals surface area contributed by atoms with Gasteiger partial charge in [0.15, 0.2) is 0 Å². The van der Waals surface area contributed by atoms with Crippen LogP contribution in [-0.4, -0.2) is 15.1 Å². The molecule has 10 heteroatoms. The van der Waals surface area contributed by atoms with Crippen LogP contribution in [0.15, 0.2) is 46.7 Å². The summed E-state index contributed by atoms with van der Waals surface area (Å²) in [5.41, 5.74) is -0.278. The molecule has 138 valence electrons. The molecule has 5 nitrogen and oxygen atoms in total. The summed E-state index contributed by atoms with van der Waals surface area (Å²) in [6, 6.07) is 6.73. The SMILES string of the molecule is O=C(Nc1ccc(Cl)c(C(F)(F)F)c1)Nc1ccc2c(c1)S(O)(O)C=C2. The van der Waals surface area contributed by atoms with E-state index < -0.39 is 33.4 Å². The highest BCUT2D eigenvalue weighted by Gasteiger charge is 2.33. The van der Waals surface area contributed by atoms with E-state index in [1.165, 1.54) is 23.6 Å². The van der Waals surface area contributed by atoms with Crippen LogP contribution < -0.4 is 10.6 Å². The first-order valence-electron chi connectivity index (χ1n) is 7.11. The Bertz CT molecular complexity index is 901. The van der Waals surface area contributed by atoms with Gasteiger partial charge in [-0.25, -0.2) is 4.79 Å². The molecule has 3 rings (SSSR count). The predicted octanol–water partition coefficient (Wildman–Crippen LogP) is 6.10. The number of carbonyl (C=O) groups excluding carboxylic acids is 1. The van der Waals surface area contributed by atoms with Crippen LogP contribution in [0, 0.1) is 0 Å². The molecule has 4 N–H and O–H groups in total. The van der Waals surface area contributed by atoms with Gasteiger partial charge in [-0.15, -0.1) is 10.6 Å². The van der Waals surface area contributed by atoms with Gasteiger partial charge in [0.25, 0.3) is 0 Å². The van der Waals surface area contributed by atoms with E-state index in [-0.39, 0.29) is 16.3 Å². The van der Waals surface area contributed by atoms with Crippen molar-refractivity contribution in [3.63, 3.8) is 0 Å². The summed E-state index contributed by atoms with van der Waals surface area (Å²) in [5, 5.41) is 5.51. The number of nitrogens with one attached hydrogen (secondary N) is 2. The maximum atomic E-state index is 12.8. The highest BCUT2D eigenvalue weighted by Crippen LogP contribution is 2.56. The number of halogens is 4. The molecule has 1 heterocycles. The zero-order valence-corrected chi connectivity index (χ0v) is 14.4. The molecular weight excluding hydrogens is 393 g/mol. The van der Waals surface area contributed by atoms with Crippen LogP contribution in [0.2, 0.25) is 5.02 Å². The molecule has 0 radical (unpaired) electrons. The van der Waals surface area contributed by atoms with Crippen LogP contribution in [0.4, 0.5) is 29.3 Å². The molecule has 0 atom stereocenters. The third-order valence-corrected chi connectivity index (χ3v) is 5.41. The van der Waals surface area contributed by atoms with Crippen molar-refractivity contribution in [2.24, 2.45) is 0 Å². The molecule has 26 heavy (non-hydrogen) atoms. The Morgan fingerprint density at radius 3 is 2.31 bits per heavy atom. The molecule has 0 bridgehead atoms. The lowest BCUT2D eigenvalue weighted by Crippen LogP contribution is -2.20. The van der Waals surface area contributed by atoms with Gasteiger partial charge in [-0.05, 0) is 42.0 Å². The number of rotatable bonds is 2. The van der Waals surface area contributed by atoms with E-state index in [2.05, 4.69) is 10.6 Å². The topological polar surface area (TPSA) is 81.6 Å². The van der Waals surface area contributed by atoms with E-state index in [4.69, 9.17) is 11.6 Å². The van der Waals surface area contributed by atoms with Crippen molar-refractivity contribution in [1.29, 1.82) is 0 Å². The minimum Gasteiger partial charge on any atom is -0.308 e. The Morgan fingerprint density at radius 1 is 1.04 bits per heavy atom. The second-order valence-corrected chi connectivity index (χ2v) is 7.72. The molecule has 0 fully saturated rings. The summed E-state index contributed by atoms with van der Waals surface area (Å²) in [6.07, 6.45) is -3.09. The first-order valence-corrected chi connectivity index (χ1v) is 9.10. The lowest BCUT2D eigenvalue weighted by molar-refractivity contribution is -0.137. The van der Waals surface area contributed by atoms with Gasteiger partial charge >= 0.3 is 12.2 Å². The van der Waals surface area contributed by atoms with E-state index >= 15 is 0 Å². The average molecular weight is 405 g/mol. The number of anilines is 2. The van der Waals surface area contributed by atoms with Crippen LogP contribution >= 0.6 is 22.2 Å². The summed E-state index contributed by atoms with van der Waals surface area (Å²) < 4.78 is 58.3. The van der Waals surface area contributed by atoms with Crippen LogP contribution in [0.5, 0.6) is 0 Å². The molecule has 2 aromatic rings. The molecular formula is C16H12ClF3N2O3S. The van der Waals surface area contributed by atoms with Crippen molar-refractivity contribution in [2.75, 3.05) is 10.6 Å². The summed E-state index contributed by atoms with van der Waals surface area (Å²) in [4.78, 5) is 12.3. The lowest BCUT2D eigenvalue weighted by Gasteiger charge is -2.25. The van der Waals surface area contributed by atoms with Gasteiger partial charge in [0.05, 0.1) is 15.5 Å². The summed E-state index contributed by atoms with van der Waals surface area (Å²) in [6.45, 7) is 0. The Kier molecular flexibility index (Phi) is 4.65. The smallest absolute Gasteiger partial charge is 0.308 e. The monoisotopic (exact) mass is 404 g/mol. The normalized spacial score (nSPS) is 16.1. The summed E-state index contributed by atoms with van der Waals surface area (Å²) >= 11 is 5.53. The quantitative estimate of drug-likeness (QED) is 0.488. The third kappa shape index (κ3) is 3.80.